The summed E-state index contributed by atoms with van der Waals surface area (Å²) < 4.78 is 5.11. The Kier molecular flexibility index (Phi) is 4.91. The topological polar surface area (TPSA) is 50.1 Å². The Labute approximate surface area is 108 Å². The lowest BCUT2D eigenvalue weighted by Gasteiger charge is -2.13. The Morgan fingerprint density at radius 1 is 1.17 bits per heavy atom. The van der Waals surface area contributed by atoms with Gasteiger partial charge in [-0.15, -0.1) is 0 Å². The third-order valence-electron chi connectivity index (χ3n) is 2.65. The number of carbonyl (C=O) groups is 1. The number of rotatable bonds is 4. The molecule has 0 N–H and O–H groups in total. The summed E-state index contributed by atoms with van der Waals surface area (Å²) in [6.07, 6.45) is -0.125. The third-order valence-corrected chi connectivity index (χ3v) is 2.65. The van der Waals surface area contributed by atoms with E-state index in [1.807, 2.05) is 39.8 Å². The van der Waals surface area contributed by atoms with Crippen LogP contribution in [-0.2, 0) is 4.74 Å². The summed E-state index contributed by atoms with van der Waals surface area (Å²) in [6.45, 7) is 7.65. The van der Waals surface area contributed by atoms with Crippen molar-refractivity contribution in [2.45, 2.75) is 39.7 Å². The van der Waals surface area contributed by atoms with Crippen molar-refractivity contribution in [1.82, 2.24) is 0 Å². The molecule has 3 nitrogen and oxygen atoms in total. The molecule has 0 fully saturated rings. The average molecular weight is 245 g/mol. The molecule has 1 aromatic rings. The molecule has 0 amide bonds. The summed E-state index contributed by atoms with van der Waals surface area (Å²) in [7, 11) is 0. The van der Waals surface area contributed by atoms with Crippen molar-refractivity contribution in [3.8, 4) is 6.07 Å². The summed E-state index contributed by atoms with van der Waals surface area (Å²) in [6, 6.07) is 9.36. The minimum Gasteiger partial charge on any atom is -0.459 e. The Morgan fingerprint density at radius 3 is 2.11 bits per heavy atom. The highest BCUT2D eigenvalue weighted by atomic mass is 16.5. The fraction of sp³-hybridized carbons (Fsp3) is 0.467. The van der Waals surface area contributed by atoms with Crippen LogP contribution in [0.15, 0.2) is 24.3 Å². The predicted molar refractivity (Wildman–Crippen MR) is 70.2 cm³/mol. The van der Waals surface area contributed by atoms with Crippen LogP contribution in [0.5, 0.6) is 0 Å². The van der Waals surface area contributed by atoms with Crippen molar-refractivity contribution in [1.29, 1.82) is 5.26 Å². The van der Waals surface area contributed by atoms with Crippen molar-refractivity contribution in [2.75, 3.05) is 0 Å². The maximum absolute atomic E-state index is 11.7. The number of esters is 1. The summed E-state index contributed by atoms with van der Waals surface area (Å²) in [5.41, 5.74) is 1.46. The van der Waals surface area contributed by atoms with Crippen LogP contribution >= 0.6 is 0 Å². The Bertz CT molecular complexity index is 441. The number of ether oxygens (including phenoxy) is 1. The summed E-state index contributed by atoms with van der Waals surface area (Å²) >= 11 is 0. The Balaban J connectivity index is 2.86. The van der Waals surface area contributed by atoms with E-state index in [1.165, 1.54) is 0 Å². The van der Waals surface area contributed by atoms with Crippen molar-refractivity contribution < 1.29 is 9.53 Å². The molecule has 1 aromatic carbocycles. The average Bonchev–Trinajstić information content (AvgIpc) is 2.29. The van der Waals surface area contributed by atoms with Gasteiger partial charge in [-0.25, -0.2) is 4.79 Å². The van der Waals surface area contributed by atoms with Crippen LogP contribution in [0.2, 0.25) is 0 Å². The molecule has 0 spiro atoms. The molecular weight excluding hydrogens is 226 g/mol. The molecule has 96 valence electrons. The van der Waals surface area contributed by atoms with E-state index in [2.05, 4.69) is 6.07 Å². The summed E-state index contributed by atoms with van der Waals surface area (Å²) in [5, 5.41) is 9.11. The fourth-order valence-corrected chi connectivity index (χ4v) is 1.72. The molecule has 0 saturated carbocycles. The van der Waals surface area contributed by atoms with Crippen molar-refractivity contribution in [3.05, 3.63) is 35.4 Å². The van der Waals surface area contributed by atoms with Gasteiger partial charge in [0, 0.05) is 0 Å². The van der Waals surface area contributed by atoms with Crippen molar-refractivity contribution >= 4 is 5.97 Å². The van der Waals surface area contributed by atoms with E-state index in [-0.39, 0.29) is 23.9 Å². The normalized spacial score (nSPS) is 12.3. The van der Waals surface area contributed by atoms with Crippen LogP contribution in [0.3, 0.4) is 0 Å². The molecule has 1 rings (SSSR count). The van der Waals surface area contributed by atoms with E-state index >= 15 is 0 Å². The van der Waals surface area contributed by atoms with Crippen LogP contribution in [0.1, 0.15) is 49.5 Å². The first-order valence-corrected chi connectivity index (χ1v) is 6.16. The van der Waals surface area contributed by atoms with Gasteiger partial charge in [0.05, 0.1) is 23.7 Å². The van der Waals surface area contributed by atoms with E-state index in [9.17, 15) is 4.79 Å². The molecule has 0 radical (unpaired) electrons. The molecule has 0 aromatic heterocycles. The van der Waals surface area contributed by atoms with Gasteiger partial charge in [0.25, 0.3) is 0 Å². The zero-order valence-corrected chi connectivity index (χ0v) is 11.3. The van der Waals surface area contributed by atoms with Crippen LogP contribution in [0, 0.1) is 17.2 Å². The van der Waals surface area contributed by atoms with Gasteiger partial charge in [-0.05, 0) is 37.5 Å². The fourth-order valence-electron chi connectivity index (χ4n) is 1.72. The second-order valence-corrected chi connectivity index (χ2v) is 4.93. The number of hydrogen-bond acceptors (Lipinski definition) is 3. The number of nitrogens with zero attached hydrogens (tertiary/aromatic N) is 1. The van der Waals surface area contributed by atoms with Crippen LogP contribution in [0.4, 0.5) is 0 Å². The minimum absolute atomic E-state index is 0.125. The first kappa shape index (κ1) is 14.2. The van der Waals surface area contributed by atoms with E-state index in [0.717, 1.165) is 5.56 Å². The Hall–Kier alpha value is -1.82. The molecule has 0 bridgehead atoms. The lowest BCUT2D eigenvalue weighted by Crippen LogP contribution is -2.12. The zero-order chi connectivity index (χ0) is 13.7. The molecule has 1 atom stereocenters. The highest BCUT2D eigenvalue weighted by Gasteiger charge is 2.16. The molecular formula is C15H19NO2. The minimum atomic E-state index is -0.324. The standard InChI is InChI=1S/C15H19NO2/c1-10(2)14(9-16)12-5-7-13(8-6-12)15(17)18-11(3)4/h5-8,10-11,14H,1-4H3. The van der Waals surface area contributed by atoms with E-state index in [1.54, 1.807) is 12.1 Å². The first-order valence-electron chi connectivity index (χ1n) is 6.16. The van der Waals surface area contributed by atoms with E-state index < -0.39 is 0 Å². The van der Waals surface area contributed by atoms with Gasteiger partial charge in [0.1, 0.15) is 0 Å². The lowest BCUT2D eigenvalue weighted by atomic mass is 9.89. The van der Waals surface area contributed by atoms with Gasteiger partial charge in [0.2, 0.25) is 0 Å². The number of carbonyl (C=O) groups excluding carboxylic acids is 1. The molecule has 3 heteroatoms. The first-order chi connectivity index (χ1) is 8.45. The van der Waals surface area contributed by atoms with E-state index in [0.29, 0.717) is 5.56 Å². The van der Waals surface area contributed by atoms with Gasteiger partial charge in [-0.1, -0.05) is 26.0 Å². The summed E-state index contributed by atoms with van der Waals surface area (Å²) in [4.78, 5) is 11.7. The van der Waals surface area contributed by atoms with Crippen LogP contribution in [0.25, 0.3) is 0 Å². The second-order valence-electron chi connectivity index (χ2n) is 4.93. The third kappa shape index (κ3) is 3.59. The maximum atomic E-state index is 11.7. The smallest absolute Gasteiger partial charge is 0.338 e. The zero-order valence-electron chi connectivity index (χ0n) is 11.3. The van der Waals surface area contributed by atoms with Crippen molar-refractivity contribution in [2.24, 2.45) is 5.92 Å². The van der Waals surface area contributed by atoms with Gasteiger partial charge < -0.3 is 4.74 Å². The molecule has 0 aliphatic carbocycles. The number of hydrogen-bond donors (Lipinski definition) is 0. The maximum Gasteiger partial charge on any atom is 0.338 e. The molecule has 18 heavy (non-hydrogen) atoms. The molecule has 0 heterocycles. The number of nitriles is 1. The van der Waals surface area contributed by atoms with Gasteiger partial charge in [-0.3, -0.25) is 0 Å². The molecule has 0 aliphatic heterocycles. The monoisotopic (exact) mass is 245 g/mol. The molecule has 0 aliphatic rings. The van der Waals surface area contributed by atoms with E-state index in [4.69, 9.17) is 10.00 Å². The van der Waals surface area contributed by atoms with Crippen molar-refractivity contribution in [3.63, 3.8) is 0 Å². The highest BCUT2D eigenvalue weighted by Crippen LogP contribution is 2.23. The van der Waals surface area contributed by atoms with Gasteiger partial charge >= 0.3 is 5.97 Å². The SMILES string of the molecule is CC(C)OC(=O)c1ccc(C(C#N)C(C)C)cc1. The molecule has 1 unspecified atom stereocenters. The number of benzene rings is 1. The molecule has 0 saturated heterocycles. The van der Waals surface area contributed by atoms with Crippen LogP contribution < -0.4 is 0 Å². The second kappa shape index (κ2) is 6.20. The lowest BCUT2D eigenvalue weighted by molar-refractivity contribution is 0.0378. The van der Waals surface area contributed by atoms with Crippen LogP contribution in [-0.4, -0.2) is 12.1 Å². The largest absolute Gasteiger partial charge is 0.459 e. The quantitative estimate of drug-likeness (QED) is 0.763. The van der Waals surface area contributed by atoms with Gasteiger partial charge in [-0.2, -0.15) is 5.26 Å². The highest BCUT2D eigenvalue weighted by molar-refractivity contribution is 5.89. The summed E-state index contributed by atoms with van der Waals surface area (Å²) in [5.74, 6) is -0.210. The van der Waals surface area contributed by atoms with Gasteiger partial charge in [0.15, 0.2) is 0 Å². The predicted octanol–water partition coefficient (Wildman–Crippen LogP) is 3.51. The Morgan fingerprint density at radius 2 is 1.72 bits per heavy atom.